The van der Waals surface area contributed by atoms with E-state index in [1.165, 1.54) is 0 Å². The minimum absolute atomic E-state index is 0.341. The van der Waals surface area contributed by atoms with Crippen LogP contribution < -0.4 is 20.4 Å². The van der Waals surface area contributed by atoms with Gasteiger partial charge in [0.15, 0.2) is 6.10 Å². The summed E-state index contributed by atoms with van der Waals surface area (Å²) in [5, 5.41) is 3.55. The Balaban J connectivity index is 1.64. The lowest BCUT2D eigenvalue weighted by Gasteiger charge is -2.19. The first kappa shape index (κ1) is 18.9. The molecular weight excluding hydrogens is 394 g/mol. The standard InChI is InChI=1S/C25H19NO5/c1-29-17-13-11-15(12-14-17)20-21-22(18-9-5-6-10-19(18)30-25(21)28)31-23(20)24(27)26-16-7-3-2-4-8-16/h2-14,20,23H,1H3,(H,26,27)/t20-,23+/m0/s1. The van der Waals surface area contributed by atoms with E-state index < -0.39 is 17.6 Å². The van der Waals surface area contributed by atoms with Gasteiger partial charge in [0.25, 0.3) is 5.91 Å². The molecule has 1 amide bonds. The van der Waals surface area contributed by atoms with Crippen molar-refractivity contribution in [3.8, 4) is 11.5 Å². The minimum atomic E-state index is -0.933. The molecule has 1 aliphatic heterocycles. The molecular formula is C25H19NO5. The second-order valence-electron chi connectivity index (χ2n) is 7.27. The topological polar surface area (TPSA) is 77.8 Å². The van der Waals surface area contributed by atoms with Crippen molar-refractivity contribution < 1.29 is 18.7 Å². The Morgan fingerprint density at radius 2 is 1.65 bits per heavy atom. The molecule has 0 fully saturated rings. The molecule has 2 heterocycles. The van der Waals surface area contributed by atoms with Crippen LogP contribution in [-0.4, -0.2) is 19.1 Å². The zero-order valence-electron chi connectivity index (χ0n) is 16.7. The molecule has 3 aromatic carbocycles. The first-order chi connectivity index (χ1) is 15.2. The Morgan fingerprint density at radius 3 is 2.39 bits per heavy atom. The molecule has 0 radical (unpaired) electrons. The maximum Gasteiger partial charge on any atom is 0.344 e. The third-order valence-corrected chi connectivity index (χ3v) is 5.43. The van der Waals surface area contributed by atoms with Crippen molar-refractivity contribution in [1.82, 2.24) is 0 Å². The summed E-state index contributed by atoms with van der Waals surface area (Å²) in [6.07, 6.45) is -0.933. The van der Waals surface area contributed by atoms with Gasteiger partial charge in [-0.1, -0.05) is 42.5 Å². The number of amides is 1. The Bertz CT molecular complexity index is 1310. The average molecular weight is 413 g/mol. The lowest BCUT2D eigenvalue weighted by Crippen LogP contribution is -2.35. The van der Waals surface area contributed by atoms with Crippen LogP contribution in [0.5, 0.6) is 11.5 Å². The molecule has 6 nitrogen and oxygen atoms in total. The van der Waals surface area contributed by atoms with E-state index in [4.69, 9.17) is 13.9 Å². The van der Waals surface area contributed by atoms with Crippen LogP contribution in [0.4, 0.5) is 5.69 Å². The molecule has 0 bridgehead atoms. The van der Waals surface area contributed by atoms with E-state index in [0.717, 1.165) is 5.56 Å². The van der Waals surface area contributed by atoms with Crippen molar-refractivity contribution in [2.24, 2.45) is 0 Å². The van der Waals surface area contributed by atoms with Crippen LogP contribution in [0.25, 0.3) is 11.0 Å². The van der Waals surface area contributed by atoms with Gasteiger partial charge in [0, 0.05) is 5.69 Å². The van der Waals surface area contributed by atoms with Crippen LogP contribution in [0.2, 0.25) is 0 Å². The second kappa shape index (κ2) is 7.65. The number of carbonyl (C=O) groups excluding carboxylic acids is 1. The highest BCUT2D eigenvalue weighted by molar-refractivity contribution is 5.97. The van der Waals surface area contributed by atoms with Gasteiger partial charge in [0.05, 0.1) is 24.0 Å². The van der Waals surface area contributed by atoms with Gasteiger partial charge in [0.2, 0.25) is 0 Å². The molecule has 154 valence electrons. The van der Waals surface area contributed by atoms with E-state index in [1.54, 1.807) is 43.5 Å². The first-order valence-electron chi connectivity index (χ1n) is 9.88. The largest absolute Gasteiger partial charge is 0.497 e. The van der Waals surface area contributed by atoms with E-state index in [0.29, 0.717) is 33.7 Å². The van der Waals surface area contributed by atoms with Gasteiger partial charge in [-0.3, -0.25) is 4.79 Å². The summed E-state index contributed by atoms with van der Waals surface area (Å²) in [5.41, 5.74) is 1.67. The van der Waals surface area contributed by atoms with Crippen molar-refractivity contribution in [3.63, 3.8) is 0 Å². The van der Waals surface area contributed by atoms with Gasteiger partial charge in [-0.25, -0.2) is 4.79 Å². The molecule has 0 saturated carbocycles. The van der Waals surface area contributed by atoms with Crippen LogP contribution in [-0.2, 0) is 4.79 Å². The molecule has 0 spiro atoms. The number of hydrogen-bond acceptors (Lipinski definition) is 5. The smallest absolute Gasteiger partial charge is 0.344 e. The number of benzene rings is 3. The number of anilines is 1. The first-order valence-corrected chi connectivity index (χ1v) is 9.88. The number of ether oxygens (including phenoxy) is 2. The van der Waals surface area contributed by atoms with Gasteiger partial charge in [-0.2, -0.15) is 0 Å². The van der Waals surface area contributed by atoms with E-state index >= 15 is 0 Å². The van der Waals surface area contributed by atoms with Gasteiger partial charge >= 0.3 is 5.63 Å². The Labute approximate surface area is 178 Å². The normalized spacial score (nSPS) is 17.1. The number of methoxy groups -OCH3 is 1. The summed E-state index contributed by atoms with van der Waals surface area (Å²) >= 11 is 0. The van der Waals surface area contributed by atoms with Crippen molar-refractivity contribution in [1.29, 1.82) is 0 Å². The van der Waals surface area contributed by atoms with Gasteiger partial charge in [0.1, 0.15) is 17.1 Å². The third kappa shape index (κ3) is 3.32. The molecule has 1 aliphatic rings. The molecule has 1 aromatic heterocycles. The Kier molecular flexibility index (Phi) is 4.67. The number of carbonyl (C=O) groups is 1. The van der Waals surface area contributed by atoms with Crippen molar-refractivity contribution in [3.05, 3.63) is 100 Å². The SMILES string of the molecule is COc1ccc([C@H]2c3c(c4ccccc4oc3=O)O[C@H]2C(=O)Nc2ccccc2)cc1. The third-order valence-electron chi connectivity index (χ3n) is 5.43. The maximum absolute atomic E-state index is 13.2. The molecule has 5 rings (SSSR count). The maximum atomic E-state index is 13.2. The zero-order valence-corrected chi connectivity index (χ0v) is 16.7. The van der Waals surface area contributed by atoms with Crippen molar-refractivity contribution >= 4 is 22.6 Å². The molecule has 1 N–H and O–H groups in total. The highest BCUT2D eigenvalue weighted by Crippen LogP contribution is 2.44. The predicted octanol–water partition coefficient (Wildman–Crippen LogP) is 4.33. The lowest BCUT2D eigenvalue weighted by molar-refractivity contribution is -0.122. The summed E-state index contributed by atoms with van der Waals surface area (Å²) < 4.78 is 17.0. The van der Waals surface area contributed by atoms with Crippen LogP contribution >= 0.6 is 0 Å². The molecule has 0 unspecified atom stereocenters. The van der Waals surface area contributed by atoms with Crippen LogP contribution in [0, 0.1) is 0 Å². The van der Waals surface area contributed by atoms with Gasteiger partial charge in [-0.15, -0.1) is 0 Å². The fourth-order valence-electron chi connectivity index (χ4n) is 3.97. The molecule has 2 atom stereocenters. The molecule has 4 aromatic rings. The van der Waals surface area contributed by atoms with Gasteiger partial charge < -0.3 is 19.2 Å². The fraction of sp³-hybridized carbons (Fsp3) is 0.120. The Morgan fingerprint density at radius 1 is 0.935 bits per heavy atom. The van der Waals surface area contributed by atoms with E-state index in [9.17, 15) is 9.59 Å². The molecule has 0 saturated heterocycles. The average Bonchev–Trinajstić information content (AvgIpc) is 3.22. The lowest BCUT2D eigenvalue weighted by atomic mass is 9.88. The van der Waals surface area contributed by atoms with E-state index in [1.807, 2.05) is 42.5 Å². The number of nitrogens with one attached hydrogen (secondary N) is 1. The second-order valence-corrected chi connectivity index (χ2v) is 7.27. The van der Waals surface area contributed by atoms with Crippen molar-refractivity contribution in [2.45, 2.75) is 12.0 Å². The highest BCUT2D eigenvalue weighted by atomic mass is 16.5. The van der Waals surface area contributed by atoms with Crippen LogP contribution in [0.15, 0.2) is 88.1 Å². The number of para-hydroxylation sites is 2. The van der Waals surface area contributed by atoms with Crippen molar-refractivity contribution in [2.75, 3.05) is 12.4 Å². The summed E-state index contributed by atoms with van der Waals surface area (Å²) in [5.74, 6) is 0.108. The summed E-state index contributed by atoms with van der Waals surface area (Å²) in [6.45, 7) is 0. The molecule has 31 heavy (non-hydrogen) atoms. The fourth-order valence-corrected chi connectivity index (χ4v) is 3.97. The molecule has 6 heteroatoms. The highest BCUT2D eigenvalue weighted by Gasteiger charge is 2.44. The molecule has 0 aliphatic carbocycles. The van der Waals surface area contributed by atoms with Crippen LogP contribution in [0.1, 0.15) is 17.0 Å². The van der Waals surface area contributed by atoms with E-state index in [2.05, 4.69) is 5.32 Å². The summed E-state index contributed by atoms with van der Waals surface area (Å²) in [4.78, 5) is 26.2. The minimum Gasteiger partial charge on any atom is -0.497 e. The van der Waals surface area contributed by atoms with Crippen LogP contribution in [0.3, 0.4) is 0 Å². The number of rotatable bonds is 4. The predicted molar refractivity (Wildman–Crippen MR) is 117 cm³/mol. The summed E-state index contributed by atoms with van der Waals surface area (Å²) in [6, 6.07) is 23.5. The van der Waals surface area contributed by atoms with Gasteiger partial charge in [-0.05, 0) is 42.0 Å². The number of hydrogen-bond donors (Lipinski definition) is 1. The Hall–Kier alpha value is -4.06. The number of fused-ring (bicyclic) bond motifs is 3. The monoisotopic (exact) mass is 413 g/mol. The van der Waals surface area contributed by atoms with E-state index in [-0.39, 0.29) is 5.91 Å². The quantitative estimate of drug-likeness (QED) is 0.504. The zero-order chi connectivity index (χ0) is 21.4. The summed E-state index contributed by atoms with van der Waals surface area (Å²) in [7, 11) is 1.58.